The molecule has 8 nitrogen and oxygen atoms in total. The van der Waals surface area contributed by atoms with Gasteiger partial charge in [0.1, 0.15) is 12.6 Å². The van der Waals surface area contributed by atoms with Crippen molar-refractivity contribution in [1.29, 1.82) is 0 Å². The quantitative estimate of drug-likeness (QED) is 0.424. The summed E-state index contributed by atoms with van der Waals surface area (Å²) in [6.07, 6.45) is -7.12. The molecule has 0 heterocycles. The number of alkyl halides is 3. The molecule has 0 aliphatic carbocycles. The minimum Gasteiger partial charge on any atom is -0.445 e. The highest BCUT2D eigenvalue weighted by molar-refractivity contribution is 5.87. The number of aliphatic hydroxyl groups is 1. The SMILES string of the molecule is NC(=O)[C@H](Cc1ccc(C(F)(F)F)cc1)NC(=O)C[C@@H](O)CNC(=O)OCc1ccccc1. The Hall–Kier alpha value is -3.60. The van der Waals surface area contributed by atoms with E-state index in [9.17, 15) is 32.7 Å². The third-order valence-electron chi connectivity index (χ3n) is 4.52. The van der Waals surface area contributed by atoms with Gasteiger partial charge in [0.15, 0.2) is 0 Å². The molecule has 33 heavy (non-hydrogen) atoms. The Kier molecular flexibility index (Phi) is 9.22. The van der Waals surface area contributed by atoms with E-state index in [4.69, 9.17) is 10.5 Å². The lowest BCUT2D eigenvalue weighted by molar-refractivity contribution is -0.137. The number of hydrogen-bond acceptors (Lipinski definition) is 5. The number of carbonyl (C=O) groups excluding carboxylic acids is 3. The fourth-order valence-corrected chi connectivity index (χ4v) is 2.80. The molecule has 0 fully saturated rings. The van der Waals surface area contributed by atoms with Crippen LogP contribution >= 0.6 is 0 Å². The maximum atomic E-state index is 12.6. The van der Waals surface area contributed by atoms with Crippen molar-refractivity contribution in [2.45, 2.75) is 37.8 Å². The molecule has 5 N–H and O–H groups in total. The molecule has 0 aliphatic heterocycles. The summed E-state index contributed by atoms with van der Waals surface area (Å²) in [5.41, 5.74) is 5.56. The van der Waals surface area contributed by atoms with E-state index in [1.807, 2.05) is 6.07 Å². The van der Waals surface area contributed by atoms with Gasteiger partial charge >= 0.3 is 12.3 Å². The maximum Gasteiger partial charge on any atom is 0.416 e. The second kappa shape index (κ2) is 11.9. The first-order valence-corrected chi connectivity index (χ1v) is 9.92. The Morgan fingerprint density at radius 3 is 2.21 bits per heavy atom. The molecule has 0 aromatic heterocycles. The second-order valence-corrected chi connectivity index (χ2v) is 7.22. The molecule has 2 aromatic rings. The molecule has 2 atom stereocenters. The van der Waals surface area contributed by atoms with Crippen molar-refractivity contribution in [2.75, 3.05) is 6.54 Å². The normalized spacial score (nSPS) is 13.0. The molecular formula is C22H24F3N3O5. The minimum atomic E-state index is -4.49. The number of alkyl carbamates (subject to hydrolysis) is 1. The van der Waals surface area contributed by atoms with Gasteiger partial charge in [-0.3, -0.25) is 9.59 Å². The summed E-state index contributed by atoms with van der Waals surface area (Å²) in [5.74, 6) is -1.61. The van der Waals surface area contributed by atoms with Crippen LogP contribution < -0.4 is 16.4 Å². The first kappa shape index (κ1) is 25.7. The van der Waals surface area contributed by atoms with E-state index in [1.54, 1.807) is 24.3 Å². The number of ether oxygens (including phenoxy) is 1. The van der Waals surface area contributed by atoms with Gasteiger partial charge in [0.2, 0.25) is 11.8 Å². The molecule has 2 rings (SSSR count). The van der Waals surface area contributed by atoms with Crippen molar-refractivity contribution in [2.24, 2.45) is 5.73 Å². The molecule has 0 aliphatic rings. The zero-order valence-corrected chi connectivity index (χ0v) is 17.5. The number of aliphatic hydroxyl groups excluding tert-OH is 1. The zero-order chi connectivity index (χ0) is 24.4. The van der Waals surface area contributed by atoms with Crippen molar-refractivity contribution in [3.8, 4) is 0 Å². The smallest absolute Gasteiger partial charge is 0.416 e. The van der Waals surface area contributed by atoms with Crippen LogP contribution in [-0.2, 0) is 33.5 Å². The summed E-state index contributed by atoms with van der Waals surface area (Å²) in [5, 5.41) is 14.6. The van der Waals surface area contributed by atoms with Gasteiger partial charge in [0.05, 0.1) is 18.1 Å². The van der Waals surface area contributed by atoms with E-state index in [0.29, 0.717) is 5.56 Å². The molecular weight excluding hydrogens is 443 g/mol. The highest BCUT2D eigenvalue weighted by Crippen LogP contribution is 2.29. The highest BCUT2D eigenvalue weighted by Gasteiger charge is 2.30. The second-order valence-electron chi connectivity index (χ2n) is 7.22. The summed E-state index contributed by atoms with van der Waals surface area (Å²) in [6, 6.07) is 11.8. The first-order chi connectivity index (χ1) is 15.5. The third kappa shape index (κ3) is 9.19. The van der Waals surface area contributed by atoms with Gasteiger partial charge in [0.25, 0.3) is 0 Å². The van der Waals surface area contributed by atoms with Crippen LogP contribution in [-0.4, -0.2) is 41.7 Å². The number of benzene rings is 2. The molecule has 0 spiro atoms. The molecule has 2 aromatic carbocycles. The van der Waals surface area contributed by atoms with Gasteiger partial charge in [-0.25, -0.2) is 4.79 Å². The van der Waals surface area contributed by atoms with Crippen LogP contribution in [0.4, 0.5) is 18.0 Å². The van der Waals surface area contributed by atoms with Crippen LogP contribution in [0.25, 0.3) is 0 Å². The molecule has 0 bridgehead atoms. The summed E-state index contributed by atoms with van der Waals surface area (Å²) >= 11 is 0. The maximum absolute atomic E-state index is 12.6. The topological polar surface area (TPSA) is 131 Å². The largest absolute Gasteiger partial charge is 0.445 e. The zero-order valence-electron chi connectivity index (χ0n) is 17.5. The molecule has 11 heteroatoms. The van der Waals surface area contributed by atoms with Gasteiger partial charge in [-0.2, -0.15) is 13.2 Å². The van der Waals surface area contributed by atoms with E-state index in [2.05, 4.69) is 10.6 Å². The van der Waals surface area contributed by atoms with Gasteiger partial charge in [-0.05, 0) is 23.3 Å². The van der Waals surface area contributed by atoms with Gasteiger partial charge in [0, 0.05) is 13.0 Å². The van der Waals surface area contributed by atoms with Crippen LogP contribution in [0.15, 0.2) is 54.6 Å². The number of primary amides is 1. The molecule has 3 amide bonds. The predicted octanol–water partition coefficient (Wildman–Crippen LogP) is 1.90. The average molecular weight is 467 g/mol. The lowest BCUT2D eigenvalue weighted by Gasteiger charge is -2.18. The average Bonchev–Trinajstić information content (AvgIpc) is 2.76. The fraction of sp³-hybridized carbons (Fsp3) is 0.318. The Labute approximate surface area is 187 Å². The van der Waals surface area contributed by atoms with Crippen molar-refractivity contribution in [3.63, 3.8) is 0 Å². The molecule has 178 valence electrons. The number of rotatable bonds is 10. The van der Waals surface area contributed by atoms with Crippen molar-refractivity contribution < 1.29 is 37.4 Å². The molecule has 0 saturated carbocycles. The summed E-state index contributed by atoms with van der Waals surface area (Å²) in [4.78, 5) is 35.5. The van der Waals surface area contributed by atoms with E-state index in [-0.39, 0.29) is 19.6 Å². The minimum absolute atomic E-state index is 0.0352. The van der Waals surface area contributed by atoms with Crippen LogP contribution in [0.1, 0.15) is 23.1 Å². The van der Waals surface area contributed by atoms with Crippen LogP contribution in [0.2, 0.25) is 0 Å². The Morgan fingerprint density at radius 2 is 1.64 bits per heavy atom. The van der Waals surface area contributed by atoms with Crippen molar-refractivity contribution in [3.05, 3.63) is 71.3 Å². The number of halogens is 3. The van der Waals surface area contributed by atoms with Crippen LogP contribution in [0, 0.1) is 0 Å². The van der Waals surface area contributed by atoms with Crippen LogP contribution in [0.3, 0.4) is 0 Å². The van der Waals surface area contributed by atoms with E-state index < -0.39 is 48.2 Å². The Balaban J connectivity index is 1.77. The van der Waals surface area contributed by atoms with E-state index in [1.165, 1.54) is 12.1 Å². The highest BCUT2D eigenvalue weighted by atomic mass is 19.4. The lowest BCUT2D eigenvalue weighted by Crippen LogP contribution is -2.47. The summed E-state index contributed by atoms with van der Waals surface area (Å²) in [6.45, 7) is -0.241. The van der Waals surface area contributed by atoms with Gasteiger partial charge in [-0.1, -0.05) is 42.5 Å². The summed E-state index contributed by atoms with van der Waals surface area (Å²) in [7, 11) is 0. The number of nitrogens with two attached hydrogens (primary N) is 1. The third-order valence-corrected chi connectivity index (χ3v) is 4.52. The van der Waals surface area contributed by atoms with E-state index >= 15 is 0 Å². The monoisotopic (exact) mass is 467 g/mol. The fourth-order valence-electron chi connectivity index (χ4n) is 2.80. The molecule has 0 unspecified atom stereocenters. The Bertz CT molecular complexity index is 937. The lowest BCUT2D eigenvalue weighted by atomic mass is 10.0. The number of hydrogen-bond donors (Lipinski definition) is 4. The van der Waals surface area contributed by atoms with Crippen molar-refractivity contribution >= 4 is 17.9 Å². The molecule has 0 radical (unpaired) electrons. The van der Waals surface area contributed by atoms with Gasteiger partial charge in [-0.15, -0.1) is 0 Å². The first-order valence-electron chi connectivity index (χ1n) is 9.92. The number of carbonyl (C=O) groups is 3. The Morgan fingerprint density at radius 1 is 1.00 bits per heavy atom. The number of amides is 3. The standard InChI is InChI=1S/C22H24F3N3O5/c23-22(24,25)16-8-6-14(7-9-16)10-18(20(26)31)28-19(30)11-17(29)12-27-21(32)33-13-15-4-2-1-3-5-15/h1-9,17-18,29H,10-13H2,(H2,26,31)(H,27,32)(H,28,30)/t17-,18+/m1/s1. The predicted molar refractivity (Wildman–Crippen MR) is 112 cm³/mol. The summed E-state index contributed by atoms with van der Waals surface area (Å²) < 4.78 is 42.9. The van der Waals surface area contributed by atoms with Crippen LogP contribution in [0.5, 0.6) is 0 Å². The molecule has 0 saturated heterocycles. The van der Waals surface area contributed by atoms with E-state index in [0.717, 1.165) is 17.7 Å². The number of nitrogens with one attached hydrogen (secondary N) is 2. The van der Waals surface area contributed by atoms with Crippen molar-refractivity contribution in [1.82, 2.24) is 10.6 Å². The van der Waals surface area contributed by atoms with Gasteiger partial charge < -0.3 is 26.2 Å².